The van der Waals surface area contributed by atoms with Crippen LogP contribution in [0.2, 0.25) is 0 Å². The summed E-state index contributed by atoms with van der Waals surface area (Å²) in [6, 6.07) is 54.6. The molecule has 0 fully saturated rings. The molecule has 3 heteroatoms. The summed E-state index contributed by atoms with van der Waals surface area (Å²) in [6.07, 6.45) is 0. The van der Waals surface area contributed by atoms with Gasteiger partial charge in [-0.05, 0) is 64.7 Å². The van der Waals surface area contributed by atoms with Crippen LogP contribution in [0.3, 0.4) is 0 Å². The van der Waals surface area contributed by atoms with Gasteiger partial charge >= 0.3 is 0 Å². The SMILES string of the molecule is c1ccc2c(c1)oc1cccc(-c3ccc(-c4ccc(-n5c6ccccc6c6c7sc8ccccc8c7ccc65)cc4)cc3)c12. The molecule has 0 amide bonds. The summed E-state index contributed by atoms with van der Waals surface area (Å²) in [5, 5.41) is 7.63. The highest BCUT2D eigenvalue weighted by Gasteiger charge is 2.17. The Morgan fingerprint density at radius 2 is 1.09 bits per heavy atom. The zero-order valence-corrected chi connectivity index (χ0v) is 25.0. The molecule has 0 bridgehead atoms. The summed E-state index contributed by atoms with van der Waals surface area (Å²) in [5.41, 5.74) is 10.3. The van der Waals surface area contributed by atoms with Crippen LogP contribution >= 0.6 is 11.3 Å². The topological polar surface area (TPSA) is 18.1 Å². The molecule has 210 valence electrons. The van der Waals surface area contributed by atoms with Gasteiger partial charge in [-0.25, -0.2) is 0 Å². The van der Waals surface area contributed by atoms with E-state index in [-0.39, 0.29) is 0 Å². The van der Waals surface area contributed by atoms with E-state index < -0.39 is 0 Å². The second-order valence-electron chi connectivity index (χ2n) is 11.7. The number of hydrogen-bond acceptors (Lipinski definition) is 2. The largest absolute Gasteiger partial charge is 0.456 e. The van der Waals surface area contributed by atoms with Crippen molar-refractivity contribution in [3.63, 3.8) is 0 Å². The van der Waals surface area contributed by atoms with Crippen molar-refractivity contribution in [3.8, 4) is 27.9 Å². The van der Waals surface area contributed by atoms with E-state index in [1.807, 2.05) is 23.5 Å². The van der Waals surface area contributed by atoms with Gasteiger partial charge in [0.25, 0.3) is 0 Å². The van der Waals surface area contributed by atoms with Crippen LogP contribution in [-0.4, -0.2) is 4.57 Å². The smallest absolute Gasteiger partial charge is 0.136 e. The molecular weight excluding hydrogens is 567 g/mol. The molecule has 0 aliphatic rings. The van der Waals surface area contributed by atoms with Crippen molar-refractivity contribution in [2.75, 3.05) is 0 Å². The van der Waals surface area contributed by atoms with Crippen molar-refractivity contribution in [2.45, 2.75) is 0 Å². The number of fused-ring (bicyclic) bond motifs is 10. The van der Waals surface area contributed by atoms with Crippen LogP contribution < -0.4 is 0 Å². The Kier molecular flexibility index (Phi) is 5.19. The number of hydrogen-bond donors (Lipinski definition) is 0. The monoisotopic (exact) mass is 591 g/mol. The maximum Gasteiger partial charge on any atom is 0.136 e. The van der Waals surface area contributed by atoms with Crippen LogP contribution in [-0.2, 0) is 0 Å². The maximum absolute atomic E-state index is 6.14. The van der Waals surface area contributed by atoms with E-state index in [4.69, 9.17) is 4.42 Å². The molecule has 0 aliphatic carbocycles. The van der Waals surface area contributed by atoms with Crippen LogP contribution in [0.5, 0.6) is 0 Å². The highest BCUT2D eigenvalue weighted by atomic mass is 32.1. The molecule has 0 aliphatic heterocycles. The molecule has 0 unspecified atom stereocenters. The summed E-state index contributed by atoms with van der Waals surface area (Å²) in [6.45, 7) is 0. The van der Waals surface area contributed by atoms with Gasteiger partial charge in [0.05, 0.1) is 11.0 Å². The van der Waals surface area contributed by atoms with E-state index in [1.165, 1.54) is 75.3 Å². The van der Waals surface area contributed by atoms with Gasteiger partial charge in [-0.2, -0.15) is 0 Å². The van der Waals surface area contributed by atoms with Gasteiger partial charge in [-0.1, -0.05) is 109 Å². The average Bonchev–Trinajstić information content (AvgIpc) is 3.78. The van der Waals surface area contributed by atoms with Gasteiger partial charge in [-0.3, -0.25) is 0 Å². The lowest BCUT2D eigenvalue weighted by Gasteiger charge is -2.10. The molecule has 0 radical (unpaired) electrons. The average molecular weight is 592 g/mol. The van der Waals surface area contributed by atoms with Crippen LogP contribution in [0.4, 0.5) is 0 Å². The maximum atomic E-state index is 6.14. The van der Waals surface area contributed by atoms with E-state index in [2.05, 4.69) is 144 Å². The summed E-state index contributed by atoms with van der Waals surface area (Å²) in [7, 11) is 0. The number of rotatable bonds is 3. The molecule has 0 N–H and O–H groups in total. The third kappa shape index (κ3) is 3.62. The second kappa shape index (κ2) is 9.43. The lowest BCUT2D eigenvalue weighted by atomic mass is 9.97. The third-order valence-corrected chi connectivity index (χ3v) is 10.4. The fourth-order valence-electron chi connectivity index (χ4n) is 7.17. The number of thiophene rings is 1. The number of furan rings is 1. The minimum Gasteiger partial charge on any atom is -0.456 e. The first-order chi connectivity index (χ1) is 22.3. The highest BCUT2D eigenvalue weighted by molar-refractivity contribution is 7.26. The summed E-state index contributed by atoms with van der Waals surface area (Å²) < 4.78 is 11.2. The predicted octanol–water partition coefficient (Wildman–Crippen LogP) is 12.4. The van der Waals surface area contributed by atoms with Crippen molar-refractivity contribution in [1.82, 2.24) is 4.57 Å². The standard InChI is InChI=1S/C42H25NOS/c1-4-12-35-33(9-1)41-36(25-24-32-31-8-3-6-15-39(31)45-42(32)41)43(35)29-22-20-27(21-23-29)26-16-18-28(19-17-26)30-11-7-14-38-40(30)34-10-2-5-13-37(34)44-38/h1-25H. The lowest BCUT2D eigenvalue weighted by molar-refractivity contribution is 0.669. The first-order valence-corrected chi connectivity index (χ1v) is 16.1. The first-order valence-electron chi connectivity index (χ1n) is 15.3. The van der Waals surface area contributed by atoms with Crippen molar-refractivity contribution >= 4 is 75.3 Å². The van der Waals surface area contributed by atoms with E-state index in [9.17, 15) is 0 Å². The molecule has 10 rings (SSSR count). The minimum absolute atomic E-state index is 0.923. The van der Waals surface area contributed by atoms with E-state index in [0.717, 1.165) is 16.6 Å². The van der Waals surface area contributed by atoms with Crippen LogP contribution in [0, 0.1) is 0 Å². The van der Waals surface area contributed by atoms with Gasteiger partial charge in [0.2, 0.25) is 0 Å². The molecule has 45 heavy (non-hydrogen) atoms. The molecule has 0 spiro atoms. The van der Waals surface area contributed by atoms with Crippen molar-refractivity contribution < 1.29 is 4.42 Å². The van der Waals surface area contributed by atoms with Gasteiger partial charge in [0, 0.05) is 47.4 Å². The Bertz CT molecular complexity index is 2740. The van der Waals surface area contributed by atoms with E-state index >= 15 is 0 Å². The van der Waals surface area contributed by atoms with Gasteiger partial charge in [0.15, 0.2) is 0 Å². The summed E-state index contributed by atoms with van der Waals surface area (Å²) >= 11 is 1.90. The second-order valence-corrected chi connectivity index (χ2v) is 12.7. The zero-order chi connectivity index (χ0) is 29.5. The molecule has 7 aromatic carbocycles. The Morgan fingerprint density at radius 1 is 0.422 bits per heavy atom. The fourth-order valence-corrected chi connectivity index (χ4v) is 8.43. The normalized spacial score (nSPS) is 12.0. The van der Waals surface area contributed by atoms with Crippen LogP contribution in [0.15, 0.2) is 156 Å². The summed E-state index contributed by atoms with van der Waals surface area (Å²) in [4.78, 5) is 0. The predicted molar refractivity (Wildman–Crippen MR) is 192 cm³/mol. The molecule has 3 heterocycles. The quantitative estimate of drug-likeness (QED) is 0.200. The number of aromatic nitrogens is 1. The third-order valence-electron chi connectivity index (χ3n) is 9.24. The summed E-state index contributed by atoms with van der Waals surface area (Å²) in [5.74, 6) is 0. The molecular formula is C42H25NOS. The van der Waals surface area contributed by atoms with Crippen LogP contribution in [0.1, 0.15) is 0 Å². The molecule has 0 atom stereocenters. The van der Waals surface area contributed by atoms with Gasteiger partial charge in [0.1, 0.15) is 11.2 Å². The molecule has 3 aromatic heterocycles. The van der Waals surface area contributed by atoms with E-state index in [0.29, 0.717) is 0 Å². The molecule has 2 nitrogen and oxygen atoms in total. The number of nitrogens with zero attached hydrogens (tertiary/aromatic N) is 1. The zero-order valence-electron chi connectivity index (χ0n) is 24.2. The number of benzene rings is 7. The van der Waals surface area contributed by atoms with Crippen molar-refractivity contribution in [2.24, 2.45) is 0 Å². The minimum atomic E-state index is 0.923. The fraction of sp³-hybridized carbons (Fsp3) is 0. The Morgan fingerprint density at radius 3 is 1.93 bits per heavy atom. The Hall–Kier alpha value is -5.64. The molecule has 0 saturated carbocycles. The van der Waals surface area contributed by atoms with Gasteiger partial charge < -0.3 is 8.98 Å². The van der Waals surface area contributed by atoms with Crippen LogP contribution in [0.25, 0.3) is 91.9 Å². The number of para-hydroxylation sites is 2. The Balaban J connectivity index is 1.06. The Labute approximate surface area is 263 Å². The van der Waals surface area contributed by atoms with Gasteiger partial charge in [-0.15, -0.1) is 11.3 Å². The first kappa shape index (κ1) is 24.8. The molecule has 10 aromatic rings. The lowest BCUT2D eigenvalue weighted by Crippen LogP contribution is -1.93. The molecule has 0 saturated heterocycles. The van der Waals surface area contributed by atoms with Crippen molar-refractivity contribution in [3.05, 3.63) is 152 Å². The van der Waals surface area contributed by atoms with E-state index in [1.54, 1.807) is 0 Å². The highest BCUT2D eigenvalue weighted by Crippen LogP contribution is 2.43. The van der Waals surface area contributed by atoms with Crippen molar-refractivity contribution in [1.29, 1.82) is 0 Å².